The Morgan fingerprint density at radius 1 is 1.22 bits per heavy atom. The first-order chi connectivity index (χ1) is 17.0. The fourth-order valence-corrected chi connectivity index (χ4v) is 6.67. The SMILES string of the molecule is C[C@@H]1CN([C@H](C)CO)S(=O)(=O)c2ccc(C#CCN(C)C)cc2O[C@H]1CN(C)C(=O)C1CCCCC1. The van der Waals surface area contributed by atoms with Crippen LogP contribution in [-0.4, -0.2) is 93.1 Å². The molecular weight excluding hydrogens is 478 g/mol. The number of sulfonamides is 1. The maximum atomic E-state index is 13.6. The first-order valence-corrected chi connectivity index (χ1v) is 14.3. The normalized spacial score (nSPS) is 23.4. The van der Waals surface area contributed by atoms with Crippen LogP contribution in [0.4, 0.5) is 0 Å². The third-order valence-corrected chi connectivity index (χ3v) is 9.10. The Balaban J connectivity index is 1.96. The standard InChI is InChI=1S/C27H41N3O5S/c1-20-17-30(21(2)19-31)36(33,34)26-14-13-22(10-9-15-28(3)4)16-24(26)35-25(20)18-29(5)27(32)23-11-7-6-8-12-23/h13-14,16,20-21,23,25,31H,6-8,11-12,15,17-19H2,1-5H3/t20-,21-,25+/m1/s1. The Morgan fingerprint density at radius 3 is 2.56 bits per heavy atom. The van der Waals surface area contributed by atoms with Gasteiger partial charge in [0, 0.05) is 37.0 Å². The zero-order valence-corrected chi connectivity index (χ0v) is 23.1. The number of aliphatic hydroxyl groups excluding tert-OH is 1. The lowest BCUT2D eigenvalue weighted by Crippen LogP contribution is -2.50. The largest absolute Gasteiger partial charge is 0.487 e. The summed E-state index contributed by atoms with van der Waals surface area (Å²) in [7, 11) is 1.75. The second-order valence-corrected chi connectivity index (χ2v) is 12.4. The number of benzene rings is 1. The minimum absolute atomic E-state index is 0.0461. The zero-order chi connectivity index (χ0) is 26.5. The van der Waals surface area contributed by atoms with Crippen molar-refractivity contribution in [1.82, 2.24) is 14.1 Å². The number of amides is 1. The summed E-state index contributed by atoms with van der Waals surface area (Å²) < 4.78 is 35.0. The lowest BCUT2D eigenvalue weighted by molar-refractivity contribution is -0.136. The van der Waals surface area contributed by atoms with Crippen molar-refractivity contribution in [3.05, 3.63) is 23.8 Å². The first-order valence-electron chi connectivity index (χ1n) is 12.9. The van der Waals surface area contributed by atoms with Gasteiger partial charge in [0.25, 0.3) is 0 Å². The fourth-order valence-electron chi connectivity index (χ4n) is 4.84. The monoisotopic (exact) mass is 519 g/mol. The Kier molecular flexibility index (Phi) is 9.81. The maximum absolute atomic E-state index is 13.6. The summed E-state index contributed by atoms with van der Waals surface area (Å²) in [6.45, 7) is 4.45. The van der Waals surface area contributed by atoms with Crippen LogP contribution in [0.3, 0.4) is 0 Å². The van der Waals surface area contributed by atoms with Gasteiger partial charge in [0.2, 0.25) is 15.9 Å². The van der Waals surface area contributed by atoms with Crippen LogP contribution in [0.1, 0.15) is 51.5 Å². The molecule has 0 aromatic heterocycles. The molecule has 0 saturated heterocycles. The third-order valence-electron chi connectivity index (χ3n) is 7.08. The number of likely N-dealkylation sites (N-methyl/N-ethyl adjacent to an activating group) is 1. The number of aliphatic hydroxyl groups is 1. The third kappa shape index (κ3) is 6.80. The van der Waals surface area contributed by atoms with Crippen molar-refractivity contribution in [2.75, 3.05) is 47.4 Å². The van der Waals surface area contributed by atoms with E-state index >= 15 is 0 Å². The summed E-state index contributed by atoms with van der Waals surface area (Å²) in [6, 6.07) is 4.30. The van der Waals surface area contributed by atoms with Crippen molar-refractivity contribution in [2.24, 2.45) is 11.8 Å². The van der Waals surface area contributed by atoms with Crippen LogP contribution in [0.2, 0.25) is 0 Å². The average Bonchev–Trinajstić information content (AvgIpc) is 2.85. The summed E-state index contributed by atoms with van der Waals surface area (Å²) in [5.41, 5.74) is 0.658. The van der Waals surface area contributed by atoms with Crippen LogP contribution in [0.15, 0.2) is 23.1 Å². The molecule has 1 saturated carbocycles. The Bertz CT molecular complexity index is 1070. The van der Waals surface area contributed by atoms with Crippen LogP contribution < -0.4 is 4.74 Å². The molecule has 0 radical (unpaired) electrons. The van der Waals surface area contributed by atoms with Gasteiger partial charge >= 0.3 is 0 Å². The van der Waals surface area contributed by atoms with E-state index in [1.54, 1.807) is 31.0 Å². The molecule has 200 valence electrons. The number of rotatable bonds is 6. The molecule has 36 heavy (non-hydrogen) atoms. The highest BCUT2D eigenvalue weighted by Gasteiger charge is 2.38. The second kappa shape index (κ2) is 12.4. The van der Waals surface area contributed by atoms with E-state index in [4.69, 9.17) is 4.74 Å². The molecule has 0 unspecified atom stereocenters. The molecule has 2 aliphatic rings. The summed E-state index contributed by atoms with van der Waals surface area (Å²) in [5.74, 6) is 6.34. The van der Waals surface area contributed by atoms with E-state index in [0.717, 1.165) is 25.7 Å². The summed E-state index contributed by atoms with van der Waals surface area (Å²) in [4.78, 5) is 16.9. The molecular formula is C27H41N3O5S. The fraction of sp³-hybridized carbons (Fsp3) is 0.667. The minimum atomic E-state index is -3.91. The van der Waals surface area contributed by atoms with E-state index in [2.05, 4.69) is 11.8 Å². The molecule has 3 rings (SSSR count). The van der Waals surface area contributed by atoms with Gasteiger partial charge in [-0.05, 0) is 52.1 Å². The van der Waals surface area contributed by atoms with Crippen molar-refractivity contribution in [1.29, 1.82) is 0 Å². The van der Waals surface area contributed by atoms with Crippen LogP contribution in [0.5, 0.6) is 5.75 Å². The zero-order valence-electron chi connectivity index (χ0n) is 22.2. The average molecular weight is 520 g/mol. The number of fused-ring (bicyclic) bond motifs is 1. The minimum Gasteiger partial charge on any atom is -0.487 e. The van der Waals surface area contributed by atoms with E-state index < -0.39 is 22.2 Å². The molecule has 1 aliphatic carbocycles. The maximum Gasteiger partial charge on any atom is 0.247 e. The number of nitrogens with zero attached hydrogens (tertiary/aromatic N) is 3. The molecule has 1 aliphatic heterocycles. The molecule has 8 nitrogen and oxygen atoms in total. The lowest BCUT2D eigenvalue weighted by atomic mass is 9.88. The Hall–Kier alpha value is -2.12. The second-order valence-electron chi connectivity index (χ2n) is 10.5. The van der Waals surface area contributed by atoms with E-state index in [1.807, 2.05) is 25.9 Å². The molecule has 1 amide bonds. The predicted molar refractivity (Wildman–Crippen MR) is 140 cm³/mol. The molecule has 1 aromatic rings. The molecule has 1 aromatic carbocycles. The van der Waals surface area contributed by atoms with Gasteiger partial charge in [-0.2, -0.15) is 4.31 Å². The molecule has 1 fully saturated rings. The summed E-state index contributed by atoms with van der Waals surface area (Å²) >= 11 is 0. The highest BCUT2D eigenvalue weighted by molar-refractivity contribution is 7.89. The molecule has 3 atom stereocenters. The molecule has 9 heteroatoms. The van der Waals surface area contributed by atoms with Crippen molar-refractivity contribution < 1.29 is 23.1 Å². The van der Waals surface area contributed by atoms with Crippen molar-refractivity contribution in [3.8, 4) is 17.6 Å². The van der Waals surface area contributed by atoms with E-state index in [-0.39, 0.29) is 41.5 Å². The summed E-state index contributed by atoms with van der Waals surface area (Å²) in [6.07, 6.45) is 4.76. The number of hydrogen-bond acceptors (Lipinski definition) is 6. The van der Waals surface area contributed by atoms with Gasteiger partial charge in [0.1, 0.15) is 16.7 Å². The Morgan fingerprint density at radius 2 is 1.92 bits per heavy atom. The number of ether oxygens (including phenoxy) is 1. The van der Waals surface area contributed by atoms with Crippen LogP contribution in [-0.2, 0) is 14.8 Å². The van der Waals surface area contributed by atoms with Crippen LogP contribution in [0, 0.1) is 23.7 Å². The predicted octanol–water partition coefficient (Wildman–Crippen LogP) is 2.41. The Labute approximate surface area is 216 Å². The van der Waals surface area contributed by atoms with Crippen molar-refractivity contribution in [3.63, 3.8) is 0 Å². The topological polar surface area (TPSA) is 90.4 Å². The smallest absolute Gasteiger partial charge is 0.247 e. The highest BCUT2D eigenvalue weighted by Crippen LogP contribution is 2.34. The quantitative estimate of drug-likeness (QED) is 0.581. The molecule has 1 N–H and O–H groups in total. The number of carbonyl (C=O) groups excluding carboxylic acids is 1. The number of hydrogen-bond donors (Lipinski definition) is 1. The molecule has 1 heterocycles. The van der Waals surface area contributed by atoms with Gasteiger partial charge in [-0.3, -0.25) is 9.69 Å². The van der Waals surface area contributed by atoms with Gasteiger partial charge in [0.15, 0.2) is 0 Å². The van der Waals surface area contributed by atoms with Crippen LogP contribution >= 0.6 is 0 Å². The van der Waals surface area contributed by atoms with Crippen LogP contribution in [0.25, 0.3) is 0 Å². The van der Waals surface area contributed by atoms with Gasteiger partial charge < -0.3 is 14.7 Å². The first kappa shape index (κ1) is 28.5. The molecule has 0 bridgehead atoms. The summed E-state index contributed by atoms with van der Waals surface area (Å²) in [5, 5.41) is 9.82. The van der Waals surface area contributed by atoms with Gasteiger partial charge in [0.05, 0.1) is 19.7 Å². The van der Waals surface area contributed by atoms with Crippen molar-refractivity contribution >= 4 is 15.9 Å². The van der Waals surface area contributed by atoms with E-state index in [1.165, 1.54) is 16.8 Å². The highest BCUT2D eigenvalue weighted by atomic mass is 32.2. The molecule has 0 spiro atoms. The van der Waals surface area contributed by atoms with Crippen molar-refractivity contribution in [2.45, 2.75) is 63.0 Å². The van der Waals surface area contributed by atoms with Gasteiger partial charge in [-0.25, -0.2) is 8.42 Å². The van der Waals surface area contributed by atoms with Gasteiger partial charge in [-0.1, -0.05) is 38.0 Å². The van der Waals surface area contributed by atoms with Gasteiger partial charge in [-0.15, -0.1) is 0 Å². The lowest BCUT2D eigenvalue weighted by Gasteiger charge is -2.38. The van der Waals surface area contributed by atoms with E-state index in [0.29, 0.717) is 18.7 Å². The van der Waals surface area contributed by atoms with E-state index in [9.17, 15) is 18.3 Å². The number of carbonyl (C=O) groups is 1.